The molecule has 2 saturated heterocycles. The molecule has 2 fully saturated rings. The van der Waals surface area contributed by atoms with E-state index in [1.54, 1.807) is 24.3 Å². The van der Waals surface area contributed by atoms with Gasteiger partial charge in [0.15, 0.2) is 5.82 Å². The van der Waals surface area contributed by atoms with Crippen LogP contribution in [0.2, 0.25) is 0 Å². The Hall–Kier alpha value is -5.27. The molecule has 282 valence electrons. The lowest BCUT2D eigenvalue weighted by molar-refractivity contribution is -0.111. The van der Waals surface area contributed by atoms with Gasteiger partial charge >= 0.3 is 0 Å². The van der Waals surface area contributed by atoms with Crippen molar-refractivity contribution in [2.75, 3.05) is 59.8 Å². The fraction of sp³-hybridized carbons (Fsp3) is 0.439. The van der Waals surface area contributed by atoms with Crippen molar-refractivity contribution in [3.05, 3.63) is 88.2 Å². The van der Waals surface area contributed by atoms with Crippen LogP contribution in [-0.2, 0) is 36.0 Å². The molecule has 13 nitrogen and oxygen atoms in total. The van der Waals surface area contributed by atoms with E-state index in [9.17, 15) is 14.4 Å². The standard InChI is InChI=1S/C41H49N9O4/c1-7-36(51)44-31-19-28(8-9-33(31)48-14-13-47(22-25(48)2)29-11-17-54-24-29)43-37-40(53)46(6)23-32(45-37)30-10-12-42-38(26(30)3)50-16-15-49-34(39(50)52)18-27-20-41(4,5)21-35(27)49/h7-10,12,18-19,23,25,29H,1,11,13-17,20-22,24H2,2-6H3,(H,43,45)(H,44,51)/t25-,29-/m0/s1. The number of nitrogens with zero attached hydrogens (tertiary/aromatic N) is 7. The van der Waals surface area contributed by atoms with Gasteiger partial charge in [0.25, 0.3) is 11.5 Å². The maximum Gasteiger partial charge on any atom is 0.293 e. The molecule has 0 radical (unpaired) electrons. The molecular formula is C41H49N9O4. The molecular weight excluding hydrogens is 683 g/mol. The van der Waals surface area contributed by atoms with Crippen LogP contribution in [0.15, 0.2) is 60.2 Å². The molecule has 13 heteroatoms. The summed E-state index contributed by atoms with van der Waals surface area (Å²) in [6.45, 7) is 17.7. The number of hydrogen-bond donors (Lipinski definition) is 2. The molecule has 0 saturated carbocycles. The number of rotatable bonds is 8. The number of carbonyl (C=O) groups excluding carboxylic acids is 2. The highest BCUT2D eigenvalue weighted by Gasteiger charge is 2.37. The quantitative estimate of drug-likeness (QED) is 0.243. The number of piperazine rings is 1. The highest BCUT2D eigenvalue weighted by Crippen LogP contribution is 2.40. The number of nitrogens with one attached hydrogen (secondary N) is 2. The van der Waals surface area contributed by atoms with Gasteiger partial charge in [-0.1, -0.05) is 20.4 Å². The van der Waals surface area contributed by atoms with Crippen LogP contribution in [0, 0.1) is 12.3 Å². The number of fused-ring (bicyclic) bond motifs is 3. The molecule has 2 amide bonds. The fourth-order valence-corrected chi connectivity index (χ4v) is 8.77. The second kappa shape index (κ2) is 13.9. The van der Waals surface area contributed by atoms with Gasteiger partial charge in [0.2, 0.25) is 5.91 Å². The van der Waals surface area contributed by atoms with E-state index in [2.05, 4.69) is 63.4 Å². The van der Waals surface area contributed by atoms with Crippen molar-refractivity contribution in [1.82, 2.24) is 24.0 Å². The third-order valence-corrected chi connectivity index (χ3v) is 11.5. The lowest BCUT2D eigenvalue weighted by Crippen LogP contribution is -2.55. The topological polar surface area (TPSA) is 130 Å². The number of aromatic nitrogens is 4. The zero-order valence-electron chi connectivity index (χ0n) is 31.8. The van der Waals surface area contributed by atoms with E-state index < -0.39 is 0 Å². The Morgan fingerprint density at radius 3 is 2.69 bits per heavy atom. The third-order valence-electron chi connectivity index (χ3n) is 11.5. The number of anilines is 5. The SMILES string of the molecule is C=CC(=O)Nc1cc(Nc2nc(-c3ccnc(N4CCn5c(cc6c5CC(C)(C)C6)C4=O)c3C)cn(C)c2=O)ccc1N1CCN([C@H]2CCOC2)C[C@@H]1C. The van der Waals surface area contributed by atoms with Crippen LogP contribution in [0.4, 0.5) is 28.7 Å². The minimum Gasteiger partial charge on any atom is -0.380 e. The van der Waals surface area contributed by atoms with Crippen LogP contribution < -0.4 is 26.0 Å². The predicted octanol–water partition coefficient (Wildman–Crippen LogP) is 4.90. The molecule has 4 aromatic rings. The highest BCUT2D eigenvalue weighted by atomic mass is 16.5. The molecule has 3 aromatic heterocycles. The van der Waals surface area contributed by atoms with E-state index in [1.807, 2.05) is 31.2 Å². The fourth-order valence-electron chi connectivity index (χ4n) is 8.77. The second-order valence-corrected chi connectivity index (χ2v) is 15.9. The molecule has 1 aromatic carbocycles. The zero-order chi connectivity index (χ0) is 37.9. The van der Waals surface area contributed by atoms with E-state index in [1.165, 1.54) is 21.9 Å². The molecule has 8 rings (SSSR count). The van der Waals surface area contributed by atoms with Gasteiger partial charge in [0, 0.05) is 93.4 Å². The largest absolute Gasteiger partial charge is 0.380 e. The van der Waals surface area contributed by atoms with Crippen LogP contribution in [-0.4, -0.2) is 87.3 Å². The summed E-state index contributed by atoms with van der Waals surface area (Å²) in [5.41, 5.74) is 7.40. The second-order valence-electron chi connectivity index (χ2n) is 15.9. The van der Waals surface area contributed by atoms with Crippen LogP contribution in [0.3, 0.4) is 0 Å². The van der Waals surface area contributed by atoms with Gasteiger partial charge in [0.1, 0.15) is 11.5 Å². The Morgan fingerprint density at radius 1 is 1.09 bits per heavy atom. The normalized spacial score (nSPS) is 20.9. The highest BCUT2D eigenvalue weighted by molar-refractivity contribution is 6.06. The molecule has 0 spiro atoms. The van der Waals surface area contributed by atoms with Crippen molar-refractivity contribution >= 4 is 40.5 Å². The first-order valence-corrected chi connectivity index (χ1v) is 18.9. The summed E-state index contributed by atoms with van der Waals surface area (Å²) in [6.07, 6.45) is 7.64. The molecule has 54 heavy (non-hydrogen) atoms. The first kappa shape index (κ1) is 35.7. The maximum atomic E-state index is 13.9. The molecule has 6 heterocycles. The molecule has 0 unspecified atom stereocenters. The summed E-state index contributed by atoms with van der Waals surface area (Å²) in [4.78, 5) is 56.1. The van der Waals surface area contributed by atoms with Gasteiger partial charge in [-0.15, -0.1) is 0 Å². The smallest absolute Gasteiger partial charge is 0.293 e. The van der Waals surface area contributed by atoms with Crippen molar-refractivity contribution in [3.63, 3.8) is 0 Å². The van der Waals surface area contributed by atoms with Crippen LogP contribution in [0.5, 0.6) is 0 Å². The van der Waals surface area contributed by atoms with Gasteiger partial charge < -0.3 is 29.4 Å². The van der Waals surface area contributed by atoms with Gasteiger partial charge in [-0.2, -0.15) is 0 Å². The maximum absolute atomic E-state index is 13.9. The molecule has 2 N–H and O–H groups in total. The van der Waals surface area contributed by atoms with E-state index in [4.69, 9.17) is 9.72 Å². The molecule has 4 aliphatic rings. The number of hydrogen-bond acceptors (Lipinski definition) is 9. The van der Waals surface area contributed by atoms with Crippen LogP contribution >= 0.6 is 0 Å². The summed E-state index contributed by atoms with van der Waals surface area (Å²) >= 11 is 0. The summed E-state index contributed by atoms with van der Waals surface area (Å²) in [7, 11) is 1.69. The Labute approximate surface area is 315 Å². The zero-order valence-corrected chi connectivity index (χ0v) is 31.8. The van der Waals surface area contributed by atoms with Crippen molar-refractivity contribution in [2.24, 2.45) is 12.5 Å². The van der Waals surface area contributed by atoms with E-state index in [0.717, 1.165) is 68.9 Å². The minimum atomic E-state index is -0.323. The monoisotopic (exact) mass is 731 g/mol. The number of amides is 2. The number of benzene rings is 1. The van der Waals surface area contributed by atoms with Gasteiger partial charge in [-0.25, -0.2) is 9.97 Å². The summed E-state index contributed by atoms with van der Waals surface area (Å²) < 4.78 is 9.34. The number of aryl methyl sites for hydroxylation is 1. The van der Waals surface area contributed by atoms with Crippen LogP contribution in [0.25, 0.3) is 11.3 Å². The average Bonchev–Trinajstić information content (AvgIpc) is 3.87. The van der Waals surface area contributed by atoms with E-state index in [-0.39, 0.29) is 34.6 Å². The predicted molar refractivity (Wildman–Crippen MR) is 211 cm³/mol. The van der Waals surface area contributed by atoms with Crippen LogP contribution in [0.1, 0.15) is 54.5 Å². The average molecular weight is 732 g/mol. The van der Waals surface area contributed by atoms with E-state index >= 15 is 0 Å². The Kier molecular flexibility index (Phi) is 9.17. The van der Waals surface area contributed by atoms with Crippen molar-refractivity contribution in [1.29, 1.82) is 0 Å². The van der Waals surface area contributed by atoms with Gasteiger partial charge in [0.05, 0.1) is 23.7 Å². The minimum absolute atomic E-state index is 0.0561. The first-order chi connectivity index (χ1) is 25.9. The Balaban J connectivity index is 1.06. The van der Waals surface area contributed by atoms with Crippen molar-refractivity contribution in [2.45, 2.75) is 65.6 Å². The lowest BCUT2D eigenvalue weighted by Gasteiger charge is -2.43. The summed E-state index contributed by atoms with van der Waals surface area (Å²) in [6, 6.07) is 10.3. The Bertz CT molecular complexity index is 2220. The molecule has 1 aliphatic carbocycles. The summed E-state index contributed by atoms with van der Waals surface area (Å²) in [5.74, 6) is 0.336. The molecule has 3 aliphatic heterocycles. The van der Waals surface area contributed by atoms with E-state index in [0.29, 0.717) is 47.7 Å². The molecule has 2 atom stereocenters. The molecule has 0 bridgehead atoms. The first-order valence-electron chi connectivity index (χ1n) is 18.9. The lowest BCUT2D eigenvalue weighted by atomic mass is 9.90. The number of ether oxygens (including phenoxy) is 1. The Morgan fingerprint density at radius 2 is 1.93 bits per heavy atom. The van der Waals surface area contributed by atoms with Crippen molar-refractivity contribution < 1.29 is 14.3 Å². The van der Waals surface area contributed by atoms with Gasteiger partial charge in [-0.05, 0) is 80.5 Å². The third kappa shape index (κ3) is 6.49. The van der Waals surface area contributed by atoms with Gasteiger partial charge in [-0.3, -0.25) is 24.2 Å². The summed E-state index contributed by atoms with van der Waals surface area (Å²) in [5, 5.41) is 6.22. The number of carbonyl (C=O) groups is 2. The number of pyridine rings is 1. The van der Waals surface area contributed by atoms with Crippen molar-refractivity contribution in [3.8, 4) is 11.3 Å².